The third kappa shape index (κ3) is 9.95. The zero-order valence-electron chi connectivity index (χ0n) is 24.8. The monoisotopic (exact) mass is 612 g/mol. The molecular formula is C33H36N6O6. The Morgan fingerprint density at radius 1 is 0.867 bits per heavy atom. The Bertz CT molecular complexity index is 1700. The summed E-state index contributed by atoms with van der Waals surface area (Å²) in [5.74, 6) is -1.20. The Kier molecular flexibility index (Phi) is 11.3. The van der Waals surface area contributed by atoms with E-state index in [0.29, 0.717) is 17.7 Å². The molecule has 0 radical (unpaired) electrons. The number of anilines is 1. The summed E-state index contributed by atoms with van der Waals surface area (Å²) in [6, 6.07) is 22.6. The van der Waals surface area contributed by atoms with Crippen LogP contribution < -0.4 is 33.0 Å². The van der Waals surface area contributed by atoms with E-state index < -0.39 is 35.6 Å². The molecule has 4 rings (SSSR count). The fraction of sp³-hybridized carbons (Fsp3) is 0.242. The standard InChI is InChI=1S/C33H36N6O6/c1-21-17-29(40)45-28-19-24(14-15-25(21)28)37-30(41)26(13-8-16-36-32(34)35)38-31(42)27(18-22-9-4-2-5-10-22)39-33(43)44-20-23-11-6-3-7-12-23/h2-7,9-12,14-15,17,19,26-27H,8,13,16,18,20H2,1H3,(H,37,41)(H,38,42)(H,39,43)(H4,34,35,36)/t26-,27+/m0/s1. The van der Waals surface area contributed by atoms with E-state index in [9.17, 15) is 19.2 Å². The molecule has 3 aromatic carbocycles. The van der Waals surface area contributed by atoms with E-state index >= 15 is 0 Å². The average molecular weight is 613 g/mol. The molecule has 234 valence electrons. The minimum atomic E-state index is -1.05. The van der Waals surface area contributed by atoms with Crippen molar-refractivity contribution in [2.45, 2.75) is 44.9 Å². The predicted molar refractivity (Wildman–Crippen MR) is 171 cm³/mol. The highest BCUT2D eigenvalue weighted by atomic mass is 16.5. The summed E-state index contributed by atoms with van der Waals surface area (Å²) >= 11 is 0. The third-order valence-electron chi connectivity index (χ3n) is 6.90. The van der Waals surface area contributed by atoms with Crippen molar-refractivity contribution in [3.05, 3.63) is 112 Å². The molecule has 0 fully saturated rings. The first-order valence-electron chi connectivity index (χ1n) is 14.4. The number of hydrogen-bond donors (Lipinski definition) is 5. The second-order valence-electron chi connectivity index (χ2n) is 10.4. The number of guanidine groups is 1. The number of rotatable bonds is 13. The number of nitrogens with zero attached hydrogens (tertiary/aromatic N) is 1. The Labute approximate surface area is 259 Å². The second-order valence-corrected chi connectivity index (χ2v) is 10.4. The molecule has 7 N–H and O–H groups in total. The van der Waals surface area contributed by atoms with Crippen molar-refractivity contribution < 1.29 is 23.5 Å². The lowest BCUT2D eigenvalue weighted by molar-refractivity contribution is -0.128. The number of nitrogens with one attached hydrogen (secondary N) is 3. The molecule has 0 aliphatic carbocycles. The van der Waals surface area contributed by atoms with Gasteiger partial charge in [0.15, 0.2) is 5.96 Å². The summed E-state index contributed by atoms with van der Waals surface area (Å²) in [7, 11) is 0. The molecule has 0 saturated heterocycles. The van der Waals surface area contributed by atoms with Crippen molar-refractivity contribution in [1.29, 1.82) is 0 Å². The summed E-state index contributed by atoms with van der Waals surface area (Å²) < 4.78 is 10.7. The van der Waals surface area contributed by atoms with Crippen LogP contribution in [0.25, 0.3) is 11.0 Å². The van der Waals surface area contributed by atoms with Crippen LogP contribution in [-0.4, -0.2) is 42.5 Å². The SMILES string of the molecule is Cc1cc(=O)oc2cc(NC(=O)[C@H](CCCN=C(N)N)NC(=O)[C@@H](Cc3ccccc3)NC(=O)OCc3ccccc3)ccc12. The second kappa shape index (κ2) is 15.7. The van der Waals surface area contributed by atoms with Gasteiger partial charge in [-0.1, -0.05) is 60.7 Å². The molecule has 2 atom stereocenters. The molecule has 0 saturated carbocycles. The van der Waals surface area contributed by atoms with Gasteiger partial charge in [-0.15, -0.1) is 0 Å². The van der Waals surface area contributed by atoms with Gasteiger partial charge in [0, 0.05) is 36.2 Å². The van der Waals surface area contributed by atoms with Gasteiger partial charge < -0.3 is 36.6 Å². The van der Waals surface area contributed by atoms with Gasteiger partial charge in [-0.05, 0) is 48.6 Å². The van der Waals surface area contributed by atoms with Gasteiger partial charge in [0.2, 0.25) is 11.8 Å². The third-order valence-corrected chi connectivity index (χ3v) is 6.90. The summed E-state index contributed by atoms with van der Waals surface area (Å²) in [6.45, 7) is 2.05. The van der Waals surface area contributed by atoms with E-state index in [-0.39, 0.29) is 32.0 Å². The molecule has 0 aliphatic rings. The van der Waals surface area contributed by atoms with Crippen LogP contribution >= 0.6 is 0 Å². The van der Waals surface area contributed by atoms with E-state index in [2.05, 4.69) is 20.9 Å². The first-order valence-corrected chi connectivity index (χ1v) is 14.4. The zero-order chi connectivity index (χ0) is 32.2. The molecule has 4 aromatic rings. The lowest BCUT2D eigenvalue weighted by Crippen LogP contribution is -2.53. The van der Waals surface area contributed by atoms with Crippen LogP contribution in [0.1, 0.15) is 29.5 Å². The normalized spacial score (nSPS) is 12.0. The van der Waals surface area contributed by atoms with E-state index in [1.807, 2.05) is 60.7 Å². The first kappa shape index (κ1) is 32.3. The number of amides is 3. The number of carbonyl (C=O) groups is 3. The lowest BCUT2D eigenvalue weighted by atomic mass is 10.0. The van der Waals surface area contributed by atoms with Gasteiger partial charge in [-0.3, -0.25) is 14.6 Å². The number of aliphatic imine (C=N–C) groups is 1. The molecule has 1 aromatic heterocycles. The van der Waals surface area contributed by atoms with Crippen molar-refractivity contribution in [2.24, 2.45) is 16.5 Å². The molecule has 0 bridgehead atoms. The van der Waals surface area contributed by atoms with Crippen molar-refractivity contribution in [2.75, 3.05) is 11.9 Å². The van der Waals surface area contributed by atoms with E-state index in [1.54, 1.807) is 25.1 Å². The van der Waals surface area contributed by atoms with E-state index in [1.165, 1.54) is 6.07 Å². The molecule has 45 heavy (non-hydrogen) atoms. The number of nitrogens with two attached hydrogens (primary N) is 2. The van der Waals surface area contributed by atoms with Gasteiger partial charge in [0.05, 0.1) is 0 Å². The Morgan fingerprint density at radius 2 is 1.56 bits per heavy atom. The number of ether oxygens (including phenoxy) is 1. The maximum Gasteiger partial charge on any atom is 0.408 e. The number of benzene rings is 3. The van der Waals surface area contributed by atoms with Crippen LogP contribution in [0, 0.1) is 6.92 Å². The minimum Gasteiger partial charge on any atom is -0.445 e. The predicted octanol–water partition coefficient (Wildman–Crippen LogP) is 3.12. The molecule has 0 aliphatic heterocycles. The topological polar surface area (TPSA) is 191 Å². The number of carbonyl (C=O) groups excluding carboxylic acids is 3. The molecule has 1 heterocycles. The van der Waals surface area contributed by atoms with Gasteiger partial charge in [-0.2, -0.15) is 0 Å². The van der Waals surface area contributed by atoms with Crippen LogP contribution in [-0.2, 0) is 27.4 Å². The number of alkyl carbamates (subject to hydrolysis) is 1. The van der Waals surface area contributed by atoms with Crippen molar-refractivity contribution >= 4 is 40.5 Å². The van der Waals surface area contributed by atoms with Crippen LogP contribution in [0.15, 0.2) is 99.1 Å². The van der Waals surface area contributed by atoms with Gasteiger partial charge in [0.25, 0.3) is 0 Å². The van der Waals surface area contributed by atoms with Crippen LogP contribution in [0.4, 0.5) is 10.5 Å². The highest BCUT2D eigenvalue weighted by molar-refractivity contribution is 5.99. The quantitative estimate of drug-likeness (QED) is 0.0658. The van der Waals surface area contributed by atoms with E-state index in [4.69, 9.17) is 20.6 Å². The Morgan fingerprint density at radius 3 is 2.24 bits per heavy atom. The van der Waals surface area contributed by atoms with Gasteiger partial charge >= 0.3 is 11.7 Å². The minimum absolute atomic E-state index is 0.0214. The summed E-state index contributed by atoms with van der Waals surface area (Å²) in [6.07, 6.45) is -0.0695. The van der Waals surface area contributed by atoms with Gasteiger partial charge in [-0.25, -0.2) is 9.59 Å². The van der Waals surface area contributed by atoms with Crippen LogP contribution in [0.5, 0.6) is 0 Å². The highest BCUT2D eigenvalue weighted by Gasteiger charge is 2.27. The lowest BCUT2D eigenvalue weighted by Gasteiger charge is -2.23. The summed E-state index contributed by atoms with van der Waals surface area (Å²) in [4.78, 5) is 55.7. The molecule has 0 spiro atoms. The largest absolute Gasteiger partial charge is 0.445 e. The fourth-order valence-electron chi connectivity index (χ4n) is 4.64. The number of fused-ring (bicyclic) bond motifs is 1. The summed E-state index contributed by atoms with van der Waals surface area (Å²) in [5.41, 5.74) is 13.4. The molecule has 12 nitrogen and oxygen atoms in total. The first-order chi connectivity index (χ1) is 21.7. The van der Waals surface area contributed by atoms with Crippen LogP contribution in [0.2, 0.25) is 0 Å². The highest BCUT2D eigenvalue weighted by Crippen LogP contribution is 2.21. The zero-order valence-corrected chi connectivity index (χ0v) is 24.8. The molecule has 3 amide bonds. The van der Waals surface area contributed by atoms with Crippen molar-refractivity contribution in [3.63, 3.8) is 0 Å². The van der Waals surface area contributed by atoms with Crippen LogP contribution in [0.3, 0.4) is 0 Å². The molecular weight excluding hydrogens is 576 g/mol. The maximum absolute atomic E-state index is 13.6. The Balaban J connectivity index is 1.51. The Hall–Kier alpha value is -5.65. The van der Waals surface area contributed by atoms with Crippen molar-refractivity contribution in [1.82, 2.24) is 10.6 Å². The smallest absolute Gasteiger partial charge is 0.408 e. The maximum atomic E-state index is 13.6. The number of hydrogen-bond acceptors (Lipinski definition) is 7. The molecule has 12 heteroatoms. The molecule has 0 unspecified atom stereocenters. The average Bonchev–Trinajstić information content (AvgIpc) is 3.01. The fourth-order valence-corrected chi connectivity index (χ4v) is 4.64. The van der Waals surface area contributed by atoms with Gasteiger partial charge in [0.1, 0.15) is 24.3 Å². The van der Waals surface area contributed by atoms with Crippen molar-refractivity contribution in [3.8, 4) is 0 Å². The number of aryl methyl sites for hydroxylation is 1. The van der Waals surface area contributed by atoms with E-state index in [0.717, 1.165) is 22.1 Å². The summed E-state index contributed by atoms with van der Waals surface area (Å²) in [5, 5.41) is 8.92.